The van der Waals surface area contributed by atoms with Crippen molar-refractivity contribution in [3.63, 3.8) is 0 Å². The maximum Gasteiger partial charge on any atom is 0.241 e. The molecule has 2 rings (SSSR count). The maximum atomic E-state index is 12.7. The van der Waals surface area contributed by atoms with Crippen molar-refractivity contribution in [3.05, 3.63) is 36.4 Å². The van der Waals surface area contributed by atoms with Crippen LogP contribution in [-0.4, -0.2) is 62.0 Å². The third kappa shape index (κ3) is 5.39. The molecule has 0 atom stereocenters. The number of nitrogens with one attached hydrogen (secondary N) is 1. The standard InChI is InChI=1S/C18H27N3O4S/c1-21(2)17-7-3-6-16-15(17)5-4-8-18(16)26(22,23)20-10-12-25-14-13-24-11-9-19/h3-8,20H,9-14,19H2,1-2H3. The minimum atomic E-state index is -3.63. The van der Waals surface area contributed by atoms with Crippen molar-refractivity contribution >= 4 is 26.5 Å². The predicted octanol–water partition coefficient (Wildman–Crippen LogP) is 1.18. The minimum Gasteiger partial charge on any atom is -0.378 e. The Morgan fingerprint density at radius 1 is 0.962 bits per heavy atom. The average Bonchev–Trinajstić information content (AvgIpc) is 2.62. The summed E-state index contributed by atoms with van der Waals surface area (Å²) in [4.78, 5) is 2.23. The number of hydrogen-bond donors (Lipinski definition) is 2. The molecule has 0 fully saturated rings. The molecule has 0 bridgehead atoms. The van der Waals surface area contributed by atoms with E-state index in [0.717, 1.165) is 11.1 Å². The smallest absolute Gasteiger partial charge is 0.241 e. The van der Waals surface area contributed by atoms with Crippen molar-refractivity contribution in [1.82, 2.24) is 4.72 Å². The first-order chi connectivity index (χ1) is 12.5. The summed E-state index contributed by atoms with van der Waals surface area (Å²) >= 11 is 0. The molecule has 0 spiro atoms. The third-order valence-electron chi connectivity index (χ3n) is 3.80. The van der Waals surface area contributed by atoms with E-state index in [1.165, 1.54) is 0 Å². The van der Waals surface area contributed by atoms with Crippen LogP contribution in [0.3, 0.4) is 0 Å². The van der Waals surface area contributed by atoms with Crippen LogP contribution in [0.1, 0.15) is 0 Å². The first-order valence-corrected chi connectivity index (χ1v) is 10.00. The lowest BCUT2D eigenvalue weighted by Crippen LogP contribution is -2.28. The van der Waals surface area contributed by atoms with Gasteiger partial charge in [0.25, 0.3) is 0 Å². The van der Waals surface area contributed by atoms with Gasteiger partial charge in [0.15, 0.2) is 0 Å². The molecule has 0 aliphatic carbocycles. The molecule has 0 saturated heterocycles. The highest BCUT2D eigenvalue weighted by Gasteiger charge is 2.17. The lowest BCUT2D eigenvalue weighted by molar-refractivity contribution is 0.0530. The summed E-state index contributed by atoms with van der Waals surface area (Å²) in [5.74, 6) is 0. The molecular weight excluding hydrogens is 354 g/mol. The zero-order chi connectivity index (χ0) is 19.0. The highest BCUT2D eigenvalue weighted by molar-refractivity contribution is 7.89. The summed E-state index contributed by atoms with van der Waals surface area (Å²) in [5, 5.41) is 1.59. The summed E-state index contributed by atoms with van der Waals surface area (Å²) in [6.07, 6.45) is 0. The van der Waals surface area contributed by atoms with Crippen LogP contribution in [0, 0.1) is 0 Å². The Bertz CT molecular complexity index is 809. The molecule has 0 aliphatic heterocycles. The summed E-state index contributed by atoms with van der Waals surface area (Å²) in [6.45, 7) is 2.29. The molecule has 3 N–H and O–H groups in total. The van der Waals surface area contributed by atoms with Crippen molar-refractivity contribution in [3.8, 4) is 0 Å². The molecule has 0 amide bonds. The fraction of sp³-hybridized carbons (Fsp3) is 0.444. The minimum absolute atomic E-state index is 0.197. The number of rotatable bonds is 11. The van der Waals surface area contributed by atoms with E-state index in [0.29, 0.717) is 31.8 Å². The fourth-order valence-corrected chi connectivity index (χ4v) is 3.85. The van der Waals surface area contributed by atoms with Gasteiger partial charge in [0.2, 0.25) is 10.0 Å². The molecule has 7 nitrogen and oxygen atoms in total. The van der Waals surface area contributed by atoms with E-state index in [2.05, 4.69) is 4.72 Å². The lowest BCUT2D eigenvalue weighted by Gasteiger charge is -2.17. The molecular formula is C18H27N3O4S. The summed E-state index contributed by atoms with van der Waals surface area (Å²) in [6, 6.07) is 10.9. The Labute approximate surface area is 155 Å². The van der Waals surface area contributed by atoms with Gasteiger partial charge in [0.1, 0.15) is 0 Å². The van der Waals surface area contributed by atoms with Gasteiger partial charge in [-0.1, -0.05) is 24.3 Å². The number of fused-ring (bicyclic) bond motifs is 1. The van der Waals surface area contributed by atoms with Gasteiger partial charge in [-0.15, -0.1) is 0 Å². The van der Waals surface area contributed by atoms with Gasteiger partial charge in [0, 0.05) is 43.6 Å². The van der Waals surface area contributed by atoms with Gasteiger partial charge in [-0.25, -0.2) is 13.1 Å². The van der Waals surface area contributed by atoms with Gasteiger partial charge < -0.3 is 20.1 Å². The second-order valence-electron chi connectivity index (χ2n) is 5.93. The van der Waals surface area contributed by atoms with E-state index in [4.69, 9.17) is 15.2 Å². The summed E-state index contributed by atoms with van der Waals surface area (Å²) in [7, 11) is 0.240. The molecule has 144 valence electrons. The molecule has 0 unspecified atom stereocenters. The normalized spacial score (nSPS) is 11.8. The Morgan fingerprint density at radius 3 is 2.31 bits per heavy atom. The van der Waals surface area contributed by atoms with Crippen LogP contribution in [0.2, 0.25) is 0 Å². The van der Waals surface area contributed by atoms with E-state index in [1.54, 1.807) is 12.1 Å². The Hall–Kier alpha value is -1.71. The molecule has 0 aromatic heterocycles. The number of anilines is 1. The first kappa shape index (κ1) is 20.6. The molecule has 2 aromatic rings. The first-order valence-electron chi connectivity index (χ1n) is 8.51. The fourth-order valence-electron chi connectivity index (χ4n) is 2.62. The van der Waals surface area contributed by atoms with Crippen LogP contribution in [0.4, 0.5) is 5.69 Å². The van der Waals surface area contributed by atoms with E-state index in [9.17, 15) is 8.42 Å². The van der Waals surface area contributed by atoms with Crippen molar-refractivity contribution < 1.29 is 17.9 Å². The Morgan fingerprint density at radius 2 is 1.62 bits per heavy atom. The van der Waals surface area contributed by atoms with Gasteiger partial charge in [-0.3, -0.25) is 0 Å². The quantitative estimate of drug-likeness (QED) is 0.568. The highest BCUT2D eigenvalue weighted by atomic mass is 32.2. The molecule has 8 heteroatoms. The number of sulfonamides is 1. The number of benzene rings is 2. The number of nitrogens with zero attached hydrogens (tertiary/aromatic N) is 1. The van der Waals surface area contributed by atoms with Crippen LogP contribution in [0.15, 0.2) is 41.3 Å². The summed E-state index contributed by atoms with van der Waals surface area (Å²) in [5.41, 5.74) is 6.29. The predicted molar refractivity (Wildman–Crippen MR) is 104 cm³/mol. The van der Waals surface area contributed by atoms with E-state index >= 15 is 0 Å². The van der Waals surface area contributed by atoms with Crippen LogP contribution in [0.5, 0.6) is 0 Å². The van der Waals surface area contributed by atoms with Gasteiger partial charge in [-0.05, 0) is 12.1 Å². The lowest BCUT2D eigenvalue weighted by atomic mass is 10.1. The van der Waals surface area contributed by atoms with Gasteiger partial charge >= 0.3 is 0 Å². The highest BCUT2D eigenvalue weighted by Crippen LogP contribution is 2.29. The average molecular weight is 381 g/mol. The second-order valence-corrected chi connectivity index (χ2v) is 7.67. The Balaban J connectivity index is 2.02. The molecule has 0 saturated carbocycles. The van der Waals surface area contributed by atoms with Gasteiger partial charge in [0.05, 0.1) is 31.3 Å². The molecule has 26 heavy (non-hydrogen) atoms. The van der Waals surface area contributed by atoms with Crippen molar-refractivity contribution in [1.29, 1.82) is 0 Å². The summed E-state index contributed by atoms with van der Waals surface area (Å²) < 4.78 is 38.5. The maximum absolute atomic E-state index is 12.7. The van der Waals surface area contributed by atoms with Crippen LogP contribution >= 0.6 is 0 Å². The third-order valence-corrected chi connectivity index (χ3v) is 5.32. The molecule has 2 aromatic carbocycles. The Kier molecular flexibility index (Phi) is 7.80. The number of nitrogens with two attached hydrogens (primary N) is 1. The topological polar surface area (TPSA) is 93.9 Å². The molecule has 0 radical (unpaired) electrons. The largest absolute Gasteiger partial charge is 0.378 e. The van der Waals surface area contributed by atoms with E-state index < -0.39 is 10.0 Å². The molecule has 0 heterocycles. The zero-order valence-electron chi connectivity index (χ0n) is 15.3. The second kappa shape index (κ2) is 9.84. The molecule has 0 aliphatic rings. The van der Waals surface area contributed by atoms with E-state index in [-0.39, 0.29) is 18.0 Å². The van der Waals surface area contributed by atoms with Crippen molar-refractivity contribution in [2.75, 3.05) is 58.5 Å². The number of hydrogen-bond acceptors (Lipinski definition) is 6. The SMILES string of the molecule is CN(C)c1cccc2c(S(=O)(=O)NCCOCCOCCN)cccc12. The van der Waals surface area contributed by atoms with Crippen LogP contribution in [0.25, 0.3) is 10.8 Å². The van der Waals surface area contributed by atoms with E-state index in [1.807, 2.05) is 43.3 Å². The zero-order valence-corrected chi connectivity index (χ0v) is 16.1. The monoisotopic (exact) mass is 381 g/mol. The number of ether oxygens (including phenoxy) is 2. The van der Waals surface area contributed by atoms with Crippen molar-refractivity contribution in [2.45, 2.75) is 4.90 Å². The van der Waals surface area contributed by atoms with Crippen LogP contribution < -0.4 is 15.4 Å². The van der Waals surface area contributed by atoms with Crippen LogP contribution in [-0.2, 0) is 19.5 Å². The van der Waals surface area contributed by atoms with Gasteiger partial charge in [-0.2, -0.15) is 0 Å². The van der Waals surface area contributed by atoms with Crippen molar-refractivity contribution in [2.24, 2.45) is 5.73 Å².